The van der Waals surface area contributed by atoms with Crippen LogP contribution in [0.4, 0.5) is 5.69 Å². The van der Waals surface area contributed by atoms with E-state index in [9.17, 15) is 0 Å². The number of nitrogens with zero attached hydrogens (tertiary/aromatic N) is 7. The third-order valence-electron chi connectivity index (χ3n) is 5.37. The molecule has 0 amide bonds. The molecule has 2 aromatic carbocycles. The number of fused-ring (bicyclic) bond motifs is 2. The Morgan fingerprint density at radius 2 is 1.77 bits per heavy atom. The van der Waals surface area contributed by atoms with Crippen LogP contribution in [0.2, 0.25) is 0 Å². The summed E-state index contributed by atoms with van der Waals surface area (Å²) in [5, 5.41) is 10.1. The minimum absolute atomic E-state index is 0.892. The maximum absolute atomic E-state index is 4.92. The molecule has 0 saturated carbocycles. The Balaban J connectivity index is 1.48. The van der Waals surface area contributed by atoms with E-state index in [1.165, 1.54) is 3.58 Å². The second-order valence-electron chi connectivity index (χ2n) is 7.52. The van der Waals surface area contributed by atoms with Crippen molar-refractivity contribution in [1.29, 1.82) is 0 Å². The number of aromatic nitrogens is 6. The number of aryl methyl sites for hydroxylation is 2. The number of rotatable bonds is 3. The van der Waals surface area contributed by atoms with Crippen LogP contribution < -0.4 is 3.58 Å². The van der Waals surface area contributed by atoms with Crippen molar-refractivity contribution in [1.82, 2.24) is 29.5 Å². The molecule has 2 radical (unpaired) electrons. The molecule has 0 unspecified atom stereocenters. The predicted molar refractivity (Wildman–Crippen MR) is 122 cm³/mol. The number of para-hydroxylation sites is 1. The van der Waals surface area contributed by atoms with Crippen LogP contribution >= 0.6 is 0 Å². The first kappa shape index (κ1) is 18.4. The van der Waals surface area contributed by atoms with Crippen LogP contribution in [0.1, 0.15) is 5.69 Å². The molecular weight excluding hydrogens is 493 g/mol. The van der Waals surface area contributed by atoms with Crippen LogP contribution in [0, 0.1) is 0 Å². The molecule has 6 rings (SSSR count). The van der Waals surface area contributed by atoms with E-state index in [2.05, 4.69) is 51.5 Å². The molecule has 0 bridgehead atoms. The number of benzene rings is 2. The average Bonchev–Trinajstić information content (AvgIpc) is 3.50. The molecule has 8 heteroatoms. The minimum atomic E-state index is -0.999. The fraction of sp³-hybridized carbons (Fsp3) is 0.0870. The van der Waals surface area contributed by atoms with Gasteiger partial charge in [-0.3, -0.25) is 0 Å². The molecule has 148 valence electrons. The summed E-state index contributed by atoms with van der Waals surface area (Å²) in [6.45, 7) is 0. The zero-order chi connectivity index (χ0) is 20.9. The van der Waals surface area contributed by atoms with Crippen molar-refractivity contribution in [2.45, 2.75) is 0 Å². The fourth-order valence-corrected chi connectivity index (χ4v) is 7.30. The van der Waals surface area contributed by atoms with Gasteiger partial charge in [0.05, 0.1) is 0 Å². The molecule has 7 nitrogen and oxygen atoms in total. The van der Waals surface area contributed by atoms with E-state index in [1.54, 1.807) is 11.0 Å². The molecule has 1 aliphatic heterocycles. The second-order valence-corrected chi connectivity index (χ2v) is 11.1. The molecule has 1 aliphatic rings. The average molecular weight is 510 g/mol. The van der Waals surface area contributed by atoms with Gasteiger partial charge in [-0.1, -0.05) is 0 Å². The van der Waals surface area contributed by atoms with Crippen molar-refractivity contribution in [3.63, 3.8) is 0 Å². The van der Waals surface area contributed by atoms with Crippen LogP contribution in [-0.2, 0) is 14.1 Å². The SMILES string of the molecule is Cn1cc(-c2ccc3c(-c4cn(C)nc4[C]4=Nc5cccc[c]5[Sn]4)ncnc3c2)cn1. The summed E-state index contributed by atoms with van der Waals surface area (Å²) in [6.07, 6.45) is 7.54. The summed E-state index contributed by atoms with van der Waals surface area (Å²) in [6, 6.07) is 14.7. The van der Waals surface area contributed by atoms with E-state index in [4.69, 9.17) is 10.1 Å². The summed E-state index contributed by atoms with van der Waals surface area (Å²) >= 11 is -0.999. The fourth-order valence-electron chi connectivity index (χ4n) is 3.92. The quantitative estimate of drug-likeness (QED) is 0.350. The van der Waals surface area contributed by atoms with E-state index in [0.29, 0.717) is 0 Å². The van der Waals surface area contributed by atoms with Crippen molar-refractivity contribution in [2.75, 3.05) is 0 Å². The zero-order valence-electron chi connectivity index (χ0n) is 17.0. The molecule has 5 aromatic rings. The molecule has 0 spiro atoms. The van der Waals surface area contributed by atoms with Crippen molar-refractivity contribution >= 4 is 45.0 Å². The zero-order valence-corrected chi connectivity index (χ0v) is 19.8. The molecule has 0 saturated heterocycles. The van der Waals surface area contributed by atoms with Crippen LogP contribution in [-0.4, -0.2) is 54.4 Å². The molecule has 3 aromatic heterocycles. The Bertz CT molecular complexity index is 1500. The van der Waals surface area contributed by atoms with Gasteiger partial charge in [0, 0.05) is 0 Å². The standard InChI is InChI=1S/C23H17N7.Sn/c1-29-13-17(11-27-29)16-8-9-19-21(10-16)25-15-26-23(19)20-14-30(2)28-22(20)12-24-18-6-4-3-5-7-18;/h3-6,8-11,13-15H,1-2H3;. The van der Waals surface area contributed by atoms with Gasteiger partial charge < -0.3 is 0 Å². The first-order valence-corrected chi connectivity index (χ1v) is 12.7. The molecular formula is C23H17N7Sn. The topological polar surface area (TPSA) is 73.8 Å². The first-order chi connectivity index (χ1) is 15.2. The van der Waals surface area contributed by atoms with E-state index in [-0.39, 0.29) is 0 Å². The van der Waals surface area contributed by atoms with Crippen LogP contribution in [0.3, 0.4) is 0 Å². The normalized spacial score (nSPS) is 12.9. The van der Waals surface area contributed by atoms with E-state index >= 15 is 0 Å². The summed E-state index contributed by atoms with van der Waals surface area (Å²) in [7, 11) is 3.87. The molecule has 0 fully saturated rings. The van der Waals surface area contributed by atoms with Crippen LogP contribution in [0.15, 0.2) is 72.4 Å². The van der Waals surface area contributed by atoms with E-state index in [0.717, 1.165) is 48.4 Å². The second kappa shape index (κ2) is 7.12. The third kappa shape index (κ3) is 3.16. The third-order valence-corrected chi connectivity index (χ3v) is 9.02. The van der Waals surface area contributed by atoms with Crippen molar-refractivity contribution < 1.29 is 0 Å². The van der Waals surface area contributed by atoms with Crippen molar-refractivity contribution in [3.8, 4) is 22.4 Å². The Hall–Kier alpha value is -3.33. The molecule has 31 heavy (non-hydrogen) atoms. The van der Waals surface area contributed by atoms with Gasteiger partial charge in [-0.2, -0.15) is 0 Å². The van der Waals surface area contributed by atoms with Crippen molar-refractivity contribution in [2.24, 2.45) is 19.1 Å². The van der Waals surface area contributed by atoms with Crippen LogP contribution in [0.25, 0.3) is 33.3 Å². The van der Waals surface area contributed by atoms with Crippen molar-refractivity contribution in [3.05, 3.63) is 73.1 Å². The van der Waals surface area contributed by atoms with E-state index in [1.807, 2.05) is 43.4 Å². The van der Waals surface area contributed by atoms with Gasteiger partial charge in [0.25, 0.3) is 0 Å². The summed E-state index contributed by atoms with van der Waals surface area (Å²) < 4.78 is 6.19. The number of hydrogen-bond donors (Lipinski definition) is 0. The summed E-state index contributed by atoms with van der Waals surface area (Å²) in [5.74, 6) is 0. The summed E-state index contributed by atoms with van der Waals surface area (Å²) in [5.41, 5.74) is 6.99. The molecule has 0 aliphatic carbocycles. The first-order valence-electron chi connectivity index (χ1n) is 9.88. The van der Waals surface area contributed by atoms with Gasteiger partial charge in [0.15, 0.2) is 0 Å². The molecule has 0 N–H and O–H groups in total. The molecule has 4 heterocycles. The predicted octanol–water partition coefficient (Wildman–Crippen LogP) is 2.85. The Labute approximate surface area is 188 Å². The summed E-state index contributed by atoms with van der Waals surface area (Å²) in [4.78, 5) is 14.1. The van der Waals surface area contributed by atoms with Crippen LogP contribution in [0.5, 0.6) is 0 Å². The van der Waals surface area contributed by atoms with Gasteiger partial charge in [-0.25, -0.2) is 0 Å². The maximum atomic E-state index is 4.92. The van der Waals surface area contributed by atoms with Gasteiger partial charge in [-0.15, -0.1) is 0 Å². The van der Waals surface area contributed by atoms with E-state index < -0.39 is 21.1 Å². The van der Waals surface area contributed by atoms with Gasteiger partial charge in [0.1, 0.15) is 0 Å². The van der Waals surface area contributed by atoms with Gasteiger partial charge in [0.2, 0.25) is 0 Å². The number of hydrogen-bond acceptors (Lipinski definition) is 5. The number of aliphatic imine (C=N–C) groups is 1. The Kier molecular flexibility index (Phi) is 4.24. The Morgan fingerprint density at radius 3 is 2.61 bits per heavy atom. The monoisotopic (exact) mass is 511 g/mol. The Morgan fingerprint density at radius 1 is 0.871 bits per heavy atom. The molecule has 0 atom stereocenters. The van der Waals surface area contributed by atoms with Gasteiger partial charge in [-0.05, 0) is 0 Å². The van der Waals surface area contributed by atoms with Gasteiger partial charge >= 0.3 is 189 Å².